The van der Waals surface area contributed by atoms with Crippen molar-refractivity contribution in [3.63, 3.8) is 0 Å². The highest BCUT2D eigenvalue weighted by Gasteiger charge is 2.02. The molecular weight excluding hydrogens is 144 g/mol. The van der Waals surface area contributed by atoms with Gasteiger partial charge >= 0.3 is 0 Å². The summed E-state index contributed by atoms with van der Waals surface area (Å²) in [7, 11) is 0. The molecule has 0 heteroatoms. The Balaban J connectivity index is 2.81. The molecule has 0 N–H and O–H groups in total. The van der Waals surface area contributed by atoms with Crippen molar-refractivity contribution in [2.24, 2.45) is 5.41 Å². The van der Waals surface area contributed by atoms with Crippen molar-refractivity contribution >= 4 is 0 Å². The largest absolute Gasteiger partial charge is 0.0920 e. The monoisotopic (exact) mass is 157 g/mol. The Labute approximate surface area is 74.6 Å². The molecule has 0 aromatic heterocycles. The fourth-order valence-electron chi connectivity index (χ4n) is 0.731. The first-order valence-corrected chi connectivity index (χ1v) is 4.07. The van der Waals surface area contributed by atoms with E-state index in [2.05, 4.69) is 38.7 Å². The van der Waals surface area contributed by atoms with Crippen LogP contribution < -0.4 is 0 Å². The first-order chi connectivity index (χ1) is 5.58. The average Bonchev–Trinajstić information content (AvgIpc) is 2.02. The van der Waals surface area contributed by atoms with Crippen LogP contribution in [0.25, 0.3) is 0 Å². The SMILES string of the molecule is CC(C)(C)C#Cc1c[c]ccc1. The summed E-state index contributed by atoms with van der Waals surface area (Å²) in [4.78, 5) is 0. The molecule has 1 aromatic rings. The molecule has 0 bridgehead atoms. The van der Waals surface area contributed by atoms with Crippen molar-refractivity contribution < 1.29 is 0 Å². The van der Waals surface area contributed by atoms with Crippen LogP contribution in [-0.2, 0) is 0 Å². The predicted octanol–water partition coefficient (Wildman–Crippen LogP) is 2.88. The molecule has 61 valence electrons. The van der Waals surface area contributed by atoms with Gasteiger partial charge in [-0.15, -0.1) is 0 Å². The molecule has 0 heterocycles. The Bertz CT molecular complexity index is 290. The van der Waals surface area contributed by atoms with Gasteiger partial charge in [0.25, 0.3) is 0 Å². The van der Waals surface area contributed by atoms with Gasteiger partial charge in [-0.3, -0.25) is 0 Å². The van der Waals surface area contributed by atoms with Crippen LogP contribution in [0.15, 0.2) is 24.3 Å². The van der Waals surface area contributed by atoms with E-state index in [9.17, 15) is 0 Å². The summed E-state index contributed by atoms with van der Waals surface area (Å²) in [6.07, 6.45) is 0. The van der Waals surface area contributed by atoms with E-state index < -0.39 is 0 Å². The molecule has 0 nitrogen and oxygen atoms in total. The summed E-state index contributed by atoms with van der Waals surface area (Å²) in [6, 6.07) is 10.7. The van der Waals surface area contributed by atoms with Gasteiger partial charge in [0, 0.05) is 11.0 Å². The number of benzene rings is 1. The molecule has 0 saturated heterocycles. The van der Waals surface area contributed by atoms with Gasteiger partial charge in [-0.2, -0.15) is 0 Å². The third-order valence-corrected chi connectivity index (χ3v) is 1.29. The van der Waals surface area contributed by atoms with Crippen LogP contribution in [0, 0.1) is 23.3 Å². The second-order valence-electron chi connectivity index (χ2n) is 3.79. The Kier molecular flexibility index (Phi) is 2.55. The molecular formula is C12H13. The van der Waals surface area contributed by atoms with Crippen molar-refractivity contribution in [2.75, 3.05) is 0 Å². The van der Waals surface area contributed by atoms with Gasteiger partial charge in [0.1, 0.15) is 0 Å². The van der Waals surface area contributed by atoms with Crippen LogP contribution in [0.5, 0.6) is 0 Å². The minimum Gasteiger partial charge on any atom is -0.0920 e. The fourth-order valence-corrected chi connectivity index (χ4v) is 0.731. The lowest BCUT2D eigenvalue weighted by molar-refractivity contribution is 0.571. The number of hydrogen-bond acceptors (Lipinski definition) is 0. The third kappa shape index (κ3) is 3.25. The highest BCUT2D eigenvalue weighted by molar-refractivity contribution is 5.34. The van der Waals surface area contributed by atoms with E-state index in [0.717, 1.165) is 5.56 Å². The maximum absolute atomic E-state index is 3.17. The Morgan fingerprint density at radius 2 is 2.08 bits per heavy atom. The zero-order valence-electron chi connectivity index (χ0n) is 7.81. The predicted molar refractivity (Wildman–Crippen MR) is 51.6 cm³/mol. The van der Waals surface area contributed by atoms with Crippen LogP contribution in [-0.4, -0.2) is 0 Å². The molecule has 0 aliphatic heterocycles. The van der Waals surface area contributed by atoms with Crippen LogP contribution >= 0.6 is 0 Å². The molecule has 0 aliphatic rings. The van der Waals surface area contributed by atoms with E-state index >= 15 is 0 Å². The van der Waals surface area contributed by atoms with Crippen molar-refractivity contribution in [3.05, 3.63) is 35.9 Å². The minimum atomic E-state index is 0.0792. The van der Waals surface area contributed by atoms with Crippen LogP contribution in [0.3, 0.4) is 0 Å². The van der Waals surface area contributed by atoms with Gasteiger partial charge in [-0.05, 0) is 39.0 Å². The van der Waals surface area contributed by atoms with E-state index in [1.165, 1.54) is 0 Å². The highest BCUT2D eigenvalue weighted by Crippen LogP contribution is 2.10. The number of hydrogen-bond donors (Lipinski definition) is 0. The summed E-state index contributed by atoms with van der Waals surface area (Å²) in [6.45, 7) is 6.31. The van der Waals surface area contributed by atoms with E-state index in [-0.39, 0.29) is 5.41 Å². The van der Waals surface area contributed by atoms with Gasteiger partial charge in [-0.25, -0.2) is 0 Å². The Morgan fingerprint density at radius 1 is 1.33 bits per heavy atom. The molecule has 1 rings (SSSR count). The summed E-state index contributed by atoms with van der Waals surface area (Å²) >= 11 is 0. The van der Waals surface area contributed by atoms with Gasteiger partial charge in [0.05, 0.1) is 0 Å². The summed E-state index contributed by atoms with van der Waals surface area (Å²) in [5.41, 5.74) is 1.11. The number of rotatable bonds is 0. The van der Waals surface area contributed by atoms with Crippen LogP contribution in [0.1, 0.15) is 26.3 Å². The van der Waals surface area contributed by atoms with Crippen molar-refractivity contribution in [2.45, 2.75) is 20.8 Å². The Hall–Kier alpha value is -1.22. The van der Waals surface area contributed by atoms with Crippen molar-refractivity contribution in [1.29, 1.82) is 0 Å². The lowest BCUT2D eigenvalue weighted by Crippen LogP contribution is -1.99. The van der Waals surface area contributed by atoms with Gasteiger partial charge in [-0.1, -0.05) is 24.0 Å². The van der Waals surface area contributed by atoms with E-state index in [4.69, 9.17) is 0 Å². The molecule has 0 spiro atoms. The zero-order valence-corrected chi connectivity index (χ0v) is 7.81. The maximum Gasteiger partial charge on any atom is 0.0251 e. The quantitative estimate of drug-likeness (QED) is 0.508. The van der Waals surface area contributed by atoms with E-state index in [1.54, 1.807) is 0 Å². The standard InChI is InChI=1S/C12H13/c1-12(2,3)10-9-11-7-5-4-6-8-11/h4-5,7-8H,1-3H3. The lowest BCUT2D eigenvalue weighted by Gasteiger charge is -2.06. The summed E-state index contributed by atoms with van der Waals surface area (Å²) in [5, 5.41) is 0. The second-order valence-corrected chi connectivity index (χ2v) is 3.79. The minimum absolute atomic E-state index is 0.0792. The average molecular weight is 157 g/mol. The van der Waals surface area contributed by atoms with Gasteiger partial charge < -0.3 is 0 Å². The second kappa shape index (κ2) is 3.45. The van der Waals surface area contributed by atoms with Crippen LogP contribution in [0.4, 0.5) is 0 Å². The first kappa shape index (κ1) is 8.87. The van der Waals surface area contributed by atoms with Crippen molar-refractivity contribution in [1.82, 2.24) is 0 Å². The highest BCUT2D eigenvalue weighted by atomic mass is 14.1. The molecule has 0 amide bonds. The topological polar surface area (TPSA) is 0 Å². The lowest BCUT2D eigenvalue weighted by atomic mass is 9.97. The normalized spacial score (nSPS) is 10.2. The van der Waals surface area contributed by atoms with Crippen LogP contribution in [0.2, 0.25) is 0 Å². The molecule has 12 heavy (non-hydrogen) atoms. The Morgan fingerprint density at radius 3 is 2.58 bits per heavy atom. The molecule has 0 atom stereocenters. The summed E-state index contributed by atoms with van der Waals surface area (Å²) in [5.74, 6) is 6.27. The smallest absolute Gasteiger partial charge is 0.0251 e. The van der Waals surface area contributed by atoms with E-state index in [1.807, 2.05) is 24.3 Å². The molecule has 0 unspecified atom stereocenters. The molecule has 1 radical (unpaired) electrons. The van der Waals surface area contributed by atoms with Gasteiger partial charge in [0.2, 0.25) is 0 Å². The molecule has 0 aliphatic carbocycles. The molecule has 1 aromatic carbocycles. The van der Waals surface area contributed by atoms with Crippen molar-refractivity contribution in [3.8, 4) is 11.8 Å². The zero-order chi connectivity index (χ0) is 9.03. The summed E-state index contributed by atoms with van der Waals surface area (Å²) < 4.78 is 0. The fraction of sp³-hybridized carbons (Fsp3) is 0.333. The maximum atomic E-state index is 3.17. The molecule has 0 fully saturated rings. The third-order valence-electron chi connectivity index (χ3n) is 1.29. The van der Waals surface area contributed by atoms with E-state index in [0.29, 0.717) is 0 Å². The first-order valence-electron chi connectivity index (χ1n) is 4.07. The van der Waals surface area contributed by atoms with Gasteiger partial charge in [0.15, 0.2) is 0 Å². The molecule has 0 saturated carbocycles.